The van der Waals surface area contributed by atoms with Crippen molar-refractivity contribution < 1.29 is 9.90 Å². The molecule has 1 atom stereocenters. The molecule has 1 unspecified atom stereocenters. The molecule has 1 heterocycles. The molecule has 4 nitrogen and oxygen atoms in total. The van der Waals surface area contributed by atoms with Crippen molar-refractivity contribution in [2.24, 2.45) is 0 Å². The number of nitrogens with one attached hydrogen (secondary N) is 1. The second-order valence-corrected chi connectivity index (χ2v) is 3.63. The Balaban J connectivity index is 2.33. The summed E-state index contributed by atoms with van der Waals surface area (Å²) in [6.07, 6.45) is -0.319. The van der Waals surface area contributed by atoms with Crippen molar-refractivity contribution in [2.75, 3.05) is 23.8 Å². The monoisotopic (exact) mass is 206 g/mol. The highest BCUT2D eigenvalue weighted by molar-refractivity contribution is 5.99. The fraction of sp³-hybridized carbons (Fsp3) is 0.364. The third-order valence-corrected chi connectivity index (χ3v) is 2.57. The third-order valence-electron chi connectivity index (χ3n) is 2.57. The van der Waals surface area contributed by atoms with Gasteiger partial charge in [0.25, 0.3) is 0 Å². The van der Waals surface area contributed by atoms with E-state index in [1.54, 1.807) is 4.90 Å². The van der Waals surface area contributed by atoms with E-state index < -0.39 is 6.10 Å². The highest BCUT2D eigenvalue weighted by atomic mass is 16.3. The van der Waals surface area contributed by atoms with Gasteiger partial charge in [0.05, 0.1) is 30.4 Å². The second-order valence-electron chi connectivity index (χ2n) is 3.63. The minimum atomic E-state index is -0.539. The lowest BCUT2D eigenvalue weighted by molar-refractivity contribution is -0.117. The van der Waals surface area contributed by atoms with Crippen LogP contribution in [0.25, 0.3) is 0 Å². The van der Waals surface area contributed by atoms with Crippen molar-refractivity contribution in [3.05, 3.63) is 24.3 Å². The van der Waals surface area contributed by atoms with Crippen LogP contribution in [0.3, 0.4) is 0 Å². The molecule has 1 saturated heterocycles. The van der Waals surface area contributed by atoms with Crippen molar-refractivity contribution in [1.82, 2.24) is 0 Å². The molecule has 15 heavy (non-hydrogen) atoms. The molecule has 1 aliphatic heterocycles. The Labute approximate surface area is 88.5 Å². The van der Waals surface area contributed by atoms with E-state index in [-0.39, 0.29) is 12.3 Å². The average molecular weight is 206 g/mol. The van der Waals surface area contributed by atoms with Crippen molar-refractivity contribution >= 4 is 17.3 Å². The van der Waals surface area contributed by atoms with Crippen molar-refractivity contribution in [3.63, 3.8) is 0 Å². The molecular formula is C11H14N2O2. The van der Waals surface area contributed by atoms with Gasteiger partial charge < -0.3 is 15.3 Å². The first kappa shape index (κ1) is 9.98. The Hall–Kier alpha value is -1.55. The number of anilines is 2. The third kappa shape index (κ3) is 1.80. The molecule has 1 fully saturated rings. The normalized spacial score (nSPS) is 20.8. The molecule has 4 heteroatoms. The molecule has 2 N–H and O–H groups in total. The highest BCUT2D eigenvalue weighted by Gasteiger charge is 2.29. The zero-order valence-corrected chi connectivity index (χ0v) is 8.60. The van der Waals surface area contributed by atoms with Gasteiger partial charge in [-0.1, -0.05) is 12.1 Å². The summed E-state index contributed by atoms with van der Waals surface area (Å²) in [5.74, 6) is -0.0230. The van der Waals surface area contributed by atoms with Crippen LogP contribution >= 0.6 is 0 Å². The summed E-state index contributed by atoms with van der Waals surface area (Å²) in [7, 11) is 1.82. The number of nitrogens with zero attached hydrogens (tertiary/aromatic N) is 1. The lowest BCUT2D eigenvalue weighted by Crippen LogP contribution is -2.25. The van der Waals surface area contributed by atoms with Crippen LogP contribution in [0.5, 0.6) is 0 Å². The Kier molecular flexibility index (Phi) is 2.60. The van der Waals surface area contributed by atoms with Gasteiger partial charge in [-0.3, -0.25) is 4.79 Å². The topological polar surface area (TPSA) is 52.6 Å². The van der Waals surface area contributed by atoms with Gasteiger partial charge in [0, 0.05) is 7.05 Å². The minimum Gasteiger partial charge on any atom is -0.391 e. The maximum atomic E-state index is 11.6. The summed E-state index contributed by atoms with van der Waals surface area (Å²) in [6.45, 7) is 0.386. The van der Waals surface area contributed by atoms with Crippen LogP contribution in [0.2, 0.25) is 0 Å². The standard InChI is InChI=1S/C11H14N2O2/c1-12-9-4-2-3-5-10(9)13-7-8(14)6-11(13)15/h2-5,8,12,14H,6-7H2,1H3. The van der Waals surface area contributed by atoms with Gasteiger partial charge in [0.15, 0.2) is 0 Å². The fourth-order valence-electron chi connectivity index (χ4n) is 1.84. The first-order valence-corrected chi connectivity index (χ1v) is 4.97. The van der Waals surface area contributed by atoms with Crippen molar-refractivity contribution in [3.8, 4) is 0 Å². The number of β-amino-alcohol motifs (C(OH)–C–C–N with tert-alkyl or cyclic N) is 1. The van der Waals surface area contributed by atoms with E-state index in [1.807, 2.05) is 31.3 Å². The predicted molar refractivity (Wildman–Crippen MR) is 59.0 cm³/mol. The second kappa shape index (κ2) is 3.90. The molecule has 0 radical (unpaired) electrons. The van der Waals surface area contributed by atoms with Gasteiger partial charge >= 0.3 is 0 Å². The molecule has 0 aliphatic carbocycles. The van der Waals surface area contributed by atoms with E-state index in [9.17, 15) is 9.90 Å². The molecule has 1 aromatic carbocycles. The molecule has 0 bridgehead atoms. The van der Waals surface area contributed by atoms with Crippen LogP contribution in [0.15, 0.2) is 24.3 Å². The number of rotatable bonds is 2. The van der Waals surface area contributed by atoms with Gasteiger partial charge in [-0.15, -0.1) is 0 Å². The van der Waals surface area contributed by atoms with Gasteiger partial charge in [-0.25, -0.2) is 0 Å². The van der Waals surface area contributed by atoms with Crippen LogP contribution in [-0.4, -0.2) is 30.7 Å². The fourth-order valence-corrected chi connectivity index (χ4v) is 1.84. The average Bonchev–Trinajstić information content (AvgIpc) is 2.57. The van der Waals surface area contributed by atoms with Crippen LogP contribution in [0, 0.1) is 0 Å². The summed E-state index contributed by atoms with van der Waals surface area (Å²) < 4.78 is 0. The number of hydrogen-bond donors (Lipinski definition) is 2. The van der Waals surface area contributed by atoms with E-state index in [4.69, 9.17) is 0 Å². The Bertz CT molecular complexity index is 379. The first-order valence-electron chi connectivity index (χ1n) is 4.97. The SMILES string of the molecule is CNc1ccccc1N1CC(O)CC1=O. The molecule has 1 amide bonds. The molecule has 1 aromatic rings. The van der Waals surface area contributed by atoms with Gasteiger partial charge in [-0.2, -0.15) is 0 Å². The van der Waals surface area contributed by atoms with Crippen molar-refractivity contribution in [2.45, 2.75) is 12.5 Å². The smallest absolute Gasteiger partial charge is 0.229 e. The number of hydrogen-bond acceptors (Lipinski definition) is 3. The zero-order valence-electron chi connectivity index (χ0n) is 8.60. The summed E-state index contributed by atoms with van der Waals surface area (Å²) in [6, 6.07) is 7.58. The van der Waals surface area contributed by atoms with E-state index in [0.29, 0.717) is 6.54 Å². The van der Waals surface area contributed by atoms with Crippen LogP contribution in [0.1, 0.15) is 6.42 Å². The number of amides is 1. The molecule has 80 valence electrons. The minimum absolute atomic E-state index is 0.0230. The summed E-state index contributed by atoms with van der Waals surface area (Å²) in [5, 5.41) is 12.4. The predicted octanol–water partition coefficient (Wildman–Crippen LogP) is 0.826. The molecule has 0 saturated carbocycles. The molecular weight excluding hydrogens is 192 g/mol. The number of carbonyl (C=O) groups is 1. The van der Waals surface area contributed by atoms with Crippen LogP contribution < -0.4 is 10.2 Å². The van der Waals surface area contributed by atoms with E-state index >= 15 is 0 Å². The maximum absolute atomic E-state index is 11.6. The molecule has 0 aromatic heterocycles. The summed E-state index contributed by atoms with van der Waals surface area (Å²) in [5.41, 5.74) is 1.74. The quantitative estimate of drug-likeness (QED) is 0.753. The first-order chi connectivity index (χ1) is 7.22. The number of benzene rings is 1. The van der Waals surface area contributed by atoms with Crippen molar-refractivity contribution in [1.29, 1.82) is 0 Å². The molecule has 1 aliphatic rings. The summed E-state index contributed by atoms with van der Waals surface area (Å²) >= 11 is 0. The van der Waals surface area contributed by atoms with Gasteiger partial charge in [-0.05, 0) is 12.1 Å². The van der Waals surface area contributed by atoms with Crippen LogP contribution in [-0.2, 0) is 4.79 Å². The lowest BCUT2D eigenvalue weighted by Gasteiger charge is -2.19. The Morgan fingerprint density at radius 3 is 2.80 bits per heavy atom. The number of aliphatic hydroxyl groups is 1. The maximum Gasteiger partial charge on any atom is 0.229 e. The van der Waals surface area contributed by atoms with E-state index in [1.165, 1.54) is 0 Å². The van der Waals surface area contributed by atoms with E-state index in [2.05, 4.69) is 5.32 Å². The Morgan fingerprint density at radius 2 is 2.20 bits per heavy atom. The van der Waals surface area contributed by atoms with Crippen LogP contribution in [0.4, 0.5) is 11.4 Å². The Morgan fingerprint density at radius 1 is 1.47 bits per heavy atom. The number of para-hydroxylation sites is 2. The zero-order chi connectivity index (χ0) is 10.8. The number of carbonyl (C=O) groups excluding carboxylic acids is 1. The molecule has 0 spiro atoms. The van der Waals surface area contributed by atoms with E-state index in [0.717, 1.165) is 11.4 Å². The van der Waals surface area contributed by atoms with Gasteiger partial charge in [0.1, 0.15) is 0 Å². The summed E-state index contributed by atoms with van der Waals surface area (Å²) in [4.78, 5) is 13.2. The highest BCUT2D eigenvalue weighted by Crippen LogP contribution is 2.28. The molecule has 2 rings (SSSR count). The number of aliphatic hydroxyl groups excluding tert-OH is 1. The largest absolute Gasteiger partial charge is 0.391 e. The lowest BCUT2D eigenvalue weighted by atomic mass is 10.2. The van der Waals surface area contributed by atoms with Gasteiger partial charge in [0.2, 0.25) is 5.91 Å².